The Hall–Kier alpha value is -2.54. The van der Waals surface area contributed by atoms with E-state index in [0.29, 0.717) is 5.69 Å². The first-order chi connectivity index (χ1) is 10.5. The lowest BCUT2D eigenvalue weighted by molar-refractivity contribution is -0.117. The van der Waals surface area contributed by atoms with E-state index < -0.39 is 5.91 Å². The number of para-hydroxylation sites is 1. The van der Waals surface area contributed by atoms with Crippen LogP contribution in [0.15, 0.2) is 33.8 Å². The van der Waals surface area contributed by atoms with Crippen molar-refractivity contribution in [1.29, 1.82) is 0 Å². The normalized spacial score (nSPS) is 11.5. The number of H-pyrrole nitrogens is 1. The third kappa shape index (κ3) is 2.75. The summed E-state index contributed by atoms with van der Waals surface area (Å²) in [5.74, 6) is -0.489. The second-order valence-corrected chi connectivity index (χ2v) is 6.01. The van der Waals surface area contributed by atoms with Gasteiger partial charge in [-0.25, -0.2) is 4.98 Å². The van der Waals surface area contributed by atoms with Crippen molar-refractivity contribution < 1.29 is 9.90 Å². The highest BCUT2D eigenvalue weighted by molar-refractivity contribution is 7.09. The number of amides is 1. The number of hydrogen-bond acceptors (Lipinski definition) is 5. The molecule has 0 saturated heterocycles. The van der Waals surface area contributed by atoms with Gasteiger partial charge in [-0.3, -0.25) is 4.79 Å². The minimum atomic E-state index is -0.397. The second kappa shape index (κ2) is 5.69. The molecule has 6 nitrogen and oxygen atoms in total. The third-order valence-electron chi connectivity index (χ3n) is 3.26. The van der Waals surface area contributed by atoms with Crippen LogP contribution in [0.1, 0.15) is 16.3 Å². The Morgan fingerprint density at radius 2 is 2.23 bits per heavy atom. The van der Waals surface area contributed by atoms with Crippen molar-refractivity contribution in [2.24, 2.45) is 10.2 Å². The highest BCUT2D eigenvalue weighted by atomic mass is 32.1. The fraction of sp³-hybridized carbons (Fsp3) is 0.200. The minimum absolute atomic E-state index is 0.0923. The summed E-state index contributed by atoms with van der Waals surface area (Å²) in [5, 5.41) is 21.0. The molecule has 1 amide bonds. The van der Waals surface area contributed by atoms with Gasteiger partial charge in [0.05, 0.1) is 22.6 Å². The zero-order chi connectivity index (χ0) is 15.7. The number of aromatic hydroxyl groups is 1. The van der Waals surface area contributed by atoms with Gasteiger partial charge < -0.3 is 10.1 Å². The van der Waals surface area contributed by atoms with Crippen LogP contribution in [-0.4, -0.2) is 21.0 Å². The molecular formula is C15H14N4O2S. The molecule has 3 aromatic rings. The van der Waals surface area contributed by atoms with Crippen LogP contribution in [0.3, 0.4) is 0 Å². The van der Waals surface area contributed by atoms with Crippen molar-refractivity contribution in [2.75, 3.05) is 0 Å². The number of aromatic nitrogens is 2. The summed E-state index contributed by atoms with van der Waals surface area (Å²) in [5.41, 5.74) is 2.74. The van der Waals surface area contributed by atoms with Crippen LogP contribution in [0.4, 0.5) is 5.69 Å². The number of aromatic amines is 1. The molecule has 2 aromatic heterocycles. The van der Waals surface area contributed by atoms with Gasteiger partial charge in [0, 0.05) is 10.8 Å². The Balaban J connectivity index is 1.85. The topological polar surface area (TPSA) is 90.7 Å². The number of fused-ring (bicyclic) bond motifs is 1. The highest BCUT2D eigenvalue weighted by Crippen LogP contribution is 2.36. The number of benzene rings is 1. The molecule has 112 valence electrons. The Bertz CT molecular complexity index is 879. The summed E-state index contributed by atoms with van der Waals surface area (Å²) in [6, 6.07) is 5.61. The molecule has 0 saturated carbocycles. The van der Waals surface area contributed by atoms with Crippen LogP contribution in [0.2, 0.25) is 0 Å². The minimum Gasteiger partial charge on any atom is -0.493 e. The molecule has 2 heterocycles. The number of aryl methyl sites for hydroxylation is 2. The fourth-order valence-corrected chi connectivity index (χ4v) is 2.84. The predicted octanol–water partition coefficient (Wildman–Crippen LogP) is 3.80. The maximum atomic E-state index is 11.8. The van der Waals surface area contributed by atoms with Gasteiger partial charge >= 0.3 is 0 Å². The molecular weight excluding hydrogens is 300 g/mol. The highest BCUT2D eigenvalue weighted by Gasteiger charge is 2.12. The molecule has 0 aliphatic carbocycles. The Morgan fingerprint density at radius 3 is 2.95 bits per heavy atom. The number of nitrogens with zero attached hydrogens (tertiary/aromatic N) is 3. The summed E-state index contributed by atoms with van der Waals surface area (Å²) in [6.07, 6.45) is 0.107. The van der Waals surface area contributed by atoms with E-state index in [9.17, 15) is 9.90 Å². The summed E-state index contributed by atoms with van der Waals surface area (Å²) < 4.78 is 0. The van der Waals surface area contributed by atoms with Gasteiger partial charge in [0.2, 0.25) is 5.88 Å². The largest absolute Gasteiger partial charge is 0.493 e. The van der Waals surface area contributed by atoms with Gasteiger partial charge in [-0.05, 0) is 19.4 Å². The van der Waals surface area contributed by atoms with Gasteiger partial charge in [0.25, 0.3) is 5.91 Å². The predicted molar refractivity (Wildman–Crippen MR) is 84.8 cm³/mol. The van der Waals surface area contributed by atoms with E-state index >= 15 is 0 Å². The van der Waals surface area contributed by atoms with Crippen LogP contribution in [-0.2, 0) is 11.2 Å². The number of carbonyl (C=O) groups is 1. The Labute approximate surface area is 130 Å². The molecule has 0 radical (unpaired) electrons. The van der Waals surface area contributed by atoms with Gasteiger partial charge in [-0.15, -0.1) is 21.6 Å². The number of carbonyl (C=O) groups excluding carboxylic acids is 1. The fourth-order valence-electron chi connectivity index (χ4n) is 2.22. The molecule has 22 heavy (non-hydrogen) atoms. The van der Waals surface area contributed by atoms with E-state index in [1.807, 2.05) is 37.4 Å². The smallest absolute Gasteiger partial charge is 0.270 e. The zero-order valence-corrected chi connectivity index (χ0v) is 12.9. The zero-order valence-electron chi connectivity index (χ0n) is 12.1. The van der Waals surface area contributed by atoms with E-state index in [-0.39, 0.29) is 18.0 Å². The Kier molecular flexibility index (Phi) is 3.72. The lowest BCUT2D eigenvalue weighted by Gasteiger charge is -1.94. The SMILES string of the molecule is Cc1nc(CC(=O)N=Nc2c(O)[nH]c3c(C)cccc23)cs1. The molecule has 0 aliphatic rings. The van der Waals surface area contributed by atoms with Crippen molar-refractivity contribution in [3.8, 4) is 5.88 Å². The molecule has 0 fully saturated rings. The van der Waals surface area contributed by atoms with Crippen molar-refractivity contribution in [3.63, 3.8) is 0 Å². The van der Waals surface area contributed by atoms with Gasteiger partial charge in [-0.2, -0.15) is 0 Å². The Morgan fingerprint density at radius 1 is 1.41 bits per heavy atom. The van der Waals surface area contributed by atoms with Crippen LogP contribution >= 0.6 is 11.3 Å². The van der Waals surface area contributed by atoms with E-state index in [1.54, 1.807) is 0 Å². The standard InChI is InChI=1S/C15H14N4O2S/c1-8-4-3-5-11-13(8)17-15(21)14(11)19-18-12(20)6-10-7-22-9(2)16-10/h3-5,7,17,21H,6H2,1-2H3. The molecule has 0 spiro atoms. The molecule has 0 bridgehead atoms. The second-order valence-electron chi connectivity index (χ2n) is 4.95. The first-order valence-corrected chi connectivity index (χ1v) is 7.58. The van der Waals surface area contributed by atoms with Gasteiger partial charge in [-0.1, -0.05) is 18.2 Å². The van der Waals surface area contributed by atoms with Crippen molar-refractivity contribution in [1.82, 2.24) is 9.97 Å². The van der Waals surface area contributed by atoms with Crippen LogP contribution < -0.4 is 0 Å². The lowest BCUT2D eigenvalue weighted by Crippen LogP contribution is -1.98. The molecule has 1 aromatic carbocycles. The van der Waals surface area contributed by atoms with Crippen LogP contribution in [0.5, 0.6) is 5.88 Å². The van der Waals surface area contributed by atoms with Crippen molar-refractivity contribution >= 4 is 33.8 Å². The quantitative estimate of drug-likeness (QED) is 0.720. The monoisotopic (exact) mass is 314 g/mol. The van der Waals surface area contributed by atoms with Gasteiger partial charge in [0.15, 0.2) is 5.69 Å². The molecule has 0 atom stereocenters. The van der Waals surface area contributed by atoms with Crippen LogP contribution in [0, 0.1) is 13.8 Å². The number of hydrogen-bond donors (Lipinski definition) is 2. The van der Waals surface area contributed by atoms with E-state index in [1.165, 1.54) is 11.3 Å². The molecule has 7 heteroatoms. The maximum Gasteiger partial charge on any atom is 0.270 e. The average molecular weight is 314 g/mol. The average Bonchev–Trinajstić information content (AvgIpc) is 3.01. The molecule has 0 unspecified atom stereocenters. The third-order valence-corrected chi connectivity index (χ3v) is 4.08. The maximum absolute atomic E-state index is 11.8. The van der Waals surface area contributed by atoms with Gasteiger partial charge in [0.1, 0.15) is 0 Å². The van der Waals surface area contributed by atoms with Crippen molar-refractivity contribution in [2.45, 2.75) is 20.3 Å². The lowest BCUT2D eigenvalue weighted by atomic mass is 10.1. The number of nitrogens with one attached hydrogen (secondary N) is 1. The molecule has 2 N–H and O–H groups in total. The summed E-state index contributed by atoms with van der Waals surface area (Å²) in [6.45, 7) is 3.81. The first-order valence-electron chi connectivity index (χ1n) is 6.70. The summed E-state index contributed by atoms with van der Waals surface area (Å²) in [4.78, 5) is 18.9. The summed E-state index contributed by atoms with van der Waals surface area (Å²) in [7, 11) is 0. The number of thiazole rings is 1. The number of azo groups is 1. The van der Waals surface area contributed by atoms with Crippen molar-refractivity contribution in [3.05, 3.63) is 39.8 Å². The first kappa shape index (κ1) is 14.4. The molecule has 0 aliphatic heterocycles. The summed E-state index contributed by atoms with van der Waals surface area (Å²) >= 11 is 1.49. The van der Waals surface area contributed by atoms with E-state index in [0.717, 1.165) is 21.5 Å². The van der Waals surface area contributed by atoms with Crippen LogP contribution in [0.25, 0.3) is 10.9 Å². The van der Waals surface area contributed by atoms with E-state index in [2.05, 4.69) is 20.2 Å². The number of rotatable bonds is 3. The molecule has 3 rings (SSSR count). The van der Waals surface area contributed by atoms with E-state index in [4.69, 9.17) is 0 Å².